The van der Waals surface area contributed by atoms with Crippen molar-refractivity contribution < 1.29 is 28.9 Å². The maximum atomic E-state index is 12.9. The fourth-order valence-electron chi connectivity index (χ4n) is 2.85. The number of carbonyl (C=O) groups is 2. The van der Waals surface area contributed by atoms with Gasteiger partial charge in [0.05, 0.1) is 26.2 Å². The van der Waals surface area contributed by atoms with Crippen LogP contribution in [-0.2, 0) is 9.59 Å². The van der Waals surface area contributed by atoms with Gasteiger partial charge in [0.1, 0.15) is 10.4 Å². The molecule has 2 rings (SSSR count). The number of thioether (sulfide) groups is 1. The maximum Gasteiger partial charge on any atom is 0.326 e. The van der Waals surface area contributed by atoms with E-state index in [1.165, 1.54) is 26.2 Å². The third kappa shape index (κ3) is 4.59. The molecule has 1 heterocycles. The quantitative estimate of drug-likeness (QED) is 0.475. The first-order valence-electron chi connectivity index (χ1n) is 8.67. The van der Waals surface area contributed by atoms with Gasteiger partial charge in [-0.1, -0.05) is 43.7 Å². The number of hydrogen-bond donors (Lipinski definition) is 1. The number of nitrogens with zero attached hydrogens (tertiary/aromatic N) is 1. The Hall–Kier alpha value is -2.26. The Kier molecular flexibility index (Phi) is 7.70. The second-order valence-electron chi connectivity index (χ2n) is 6.01. The zero-order valence-corrected chi connectivity index (χ0v) is 17.8. The van der Waals surface area contributed by atoms with E-state index in [0.717, 1.165) is 18.2 Å². The summed E-state index contributed by atoms with van der Waals surface area (Å²) in [6.45, 7) is 1.97. The van der Waals surface area contributed by atoms with E-state index >= 15 is 0 Å². The van der Waals surface area contributed by atoms with Crippen molar-refractivity contribution in [2.24, 2.45) is 0 Å². The molecular weight excluding hydrogens is 402 g/mol. The topological polar surface area (TPSA) is 85.3 Å². The number of carboxylic acid groups (broad SMARTS) is 1. The number of hydrogen-bond acceptors (Lipinski definition) is 7. The highest BCUT2D eigenvalue weighted by atomic mass is 32.2. The summed E-state index contributed by atoms with van der Waals surface area (Å²) in [5.41, 5.74) is 0.649. The number of ether oxygens (including phenoxy) is 3. The first kappa shape index (κ1) is 22.0. The molecule has 7 nitrogen and oxygen atoms in total. The molecule has 1 N–H and O–H groups in total. The van der Waals surface area contributed by atoms with Crippen LogP contribution in [0.4, 0.5) is 0 Å². The smallest absolute Gasteiger partial charge is 0.326 e. The van der Waals surface area contributed by atoms with Crippen molar-refractivity contribution in [2.45, 2.75) is 32.2 Å². The molecule has 0 spiro atoms. The highest BCUT2D eigenvalue weighted by Crippen LogP contribution is 2.40. The molecule has 9 heteroatoms. The van der Waals surface area contributed by atoms with Crippen LogP contribution < -0.4 is 14.2 Å². The van der Waals surface area contributed by atoms with E-state index in [1.807, 2.05) is 6.92 Å². The molecule has 0 bridgehead atoms. The average Bonchev–Trinajstić information content (AvgIpc) is 2.94. The lowest BCUT2D eigenvalue weighted by Gasteiger charge is -2.22. The Bertz CT molecular complexity index is 783. The number of methoxy groups -OCH3 is 3. The summed E-state index contributed by atoms with van der Waals surface area (Å²) in [4.78, 5) is 26.1. The van der Waals surface area contributed by atoms with Crippen LogP contribution in [0.15, 0.2) is 17.0 Å². The SMILES string of the molecule is CCCC[C@@H](C(=O)O)N1C(=O)/C(=C/c2cc(OC)c(OC)c(OC)c2)SC1=S. The minimum absolute atomic E-state index is 0.243. The van der Waals surface area contributed by atoms with E-state index < -0.39 is 17.9 Å². The van der Waals surface area contributed by atoms with Crippen molar-refractivity contribution in [3.63, 3.8) is 0 Å². The van der Waals surface area contributed by atoms with Gasteiger partial charge < -0.3 is 19.3 Å². The highest BCUT2D eigenvalue weighted by molar-refractivity contribution is 8.26. The van der Waals surface area contributed by atoms with Crippen LogP contribution in [0.2, 0.25) is 0 Å². The molecule has 0 saturated carbocycles. The Morgan fingerprint density at radius 1 is 1.25 bits per heavy atom. The van der Waals surface area contributed by atoms with E-state index in [4.69, 9.17) is 26.4 Å². The van der Waals surface area contributed by atoms with Gasteiger partial charge in [-0.05, 0) is 30.2 Å². The third-order valence-electron chi connectivity index (χ3n) is 4.24. The maximum absolute atomic E-state index is 12.9. The summed E-state index contributed by atoms with van der Waals surface area (Å²) in [6.07, 6.45) is 3.53. The summed E-state index contributed by atoms with van der Waals surface area (Å²) in [6, 6.07) is 2.46. The molecule has 1 saturated heterocycles. The summed E-state index contributed by atoms with van der Waals surface area (Å²) in [5.74, 6) is -0.115. The van der Waals surface area contributed by atoms with Gasteiger partial charge in [-0.15, -0.1) is 0 Å². The highest BCUT2D eigenvalue weighted by Gasteiger charge is 2.40. The van der Waals surface area contributed by atoms with Gasteiger partial charge in [-0.2, -0.15) is 0 Å². The van der Waals surface area contributed by atoms with Crippen molar-refractivity contribution >= 4 is 46.3 Å². The molecule has 28 heavy (non-hydrogen) atoms. The number of unbranched alkanes of at least 4 members (excludes halogenated alkanes) is 1. The fraction of sp³-hybridized carbons (Fsp3) is 0.421. The molecule has 1 atom stereocenters. The van der Waals surface area contributed by atoms with Crippen LogP contribution in [0.1, 0.15) is 31.7 Å². The molecule has 1 fully saturated rings. The predicted molar refractivity (Wildman–Crippen MR) is 112 cm³/mol. The lowest BCUT2D eigenvalue weighted by molar-refractivity contribution is -0.145. The zero-order valence-electron chi connectivity index (χ0n) is 16.2. The standard InChI is InChI=1S/C19H23NO6S2/c1-5-6-7-12(18(22)23)20-17(21)15(28-19(20)27)10-11-8-13(24-2)16(26-4)14(9-11)25-3/h8-10,12H,5-7H2,1-4H3,(H,22,23)/b15-10-/t12-/m0/s1. The third-order valence-corrected chi connectivity index (χ3v) is 5.57. The number of carbonyl (C=O) groups excluding carboxylic acids is 1. The Morgan fingerprint density at radius 2 is 1.86 bits per heavy atom. The average molecular weight is 426 g/mol. The second kappa shape index (κ2) is 9.79. The monoisotopic (exact) mass is 425 g/mol. The molecule has 1 amide bonds. The van der Waals surface area contributed by atoms with Crippen LogP contribution >= 0.6 is 24.0 Å². The van der Waals surface area contributed by atoms with Gasteiger partial charge in [-0.3, -0.25) is 9.69 Å². The lowest BCUT2D eigenvalue weighted by Crippen LogP contribution is -2.43. The van der Waals surface area contributed by atoms with Gasteiger partial charge in [0.15, 0.2) is 11.5 Å². The first-order valence-corrected chi connectivity index (χ1v) is 9.90. The zero-order chi connectivity index (χ0) is 20.8. The molecule has 0 radical (unpaired) electrons. The van der Waals surface area contributed by atoms with Gasteiger partial charge >= 0.3 is 5.97 Å². The molecule has 0 aliphatic carbocycles. The Labute approximate surface area is 173 Å². The van der Waals surface area contributed by atoms with Gasteiger partial charge in [0, 0.05) is 0 Å². The van der Waals surface area contributed by atoms with Crippen LogP contribution in [0, 0.1) is 0 Å². The van der Waals surface area contributed by atoms with Crippen molar-refractivity contribution in [1.82, 2.24) is 4.90 Å². The van der Waals surface area contributed by atoms with Gasteiger partial charge in [-0.25, -0.2) is 4.79 Å². The molecule has 1 aliphatic heterocycles. The number of thiocarbonyl (C=S) groups is 1. The number of benzene rings is 1. The molecule has 0 aromatic heterocycles. The van der Waals surface area contributed by atoms with E-state index in [2.05, 4.69) is 0 Å². The van der Waals surface area contributed by atoms with Gasteiger partial charge in [0.2, 0.25) is 5.75 Å². The minimum Gasteiger partial charge on any atom is -0.493 e. The van der Waals surface area contributed by atoms with Crippen LogP contribution in [0.5, 0.6) is 17.2 Å². The number of rotatable bonds is 9. The van der Waals surface area contributed by atoms with Crippen molar-refractivity contribution in [3.05, 3.63) is 22.6 Å². The number of aliphatic carboxylic acids is 1. The Morgan fingerprint density at radius 3 is 2.32 bits per heavy atom. The number of amides is 1. The molecule has 0 unspecified atom stereocenters. The largest absolute Gasteiger partial charge is 0.493 e. The van der Waals surface area contributed by atoms with E-state index in [0.29, 0.717) is 40.6 Å². The summed E-state index contributed by atoms with van der Waals surface area (Å²) in [5, 5.41) is 9.54. The second-order valence-corrected chi connectivity index (χ2v) is 7.68. The van der Waals surface area contributed by atoms with E-state index in [-0.39, 0.29) is 4.32 Å². The predicted octanol–water partition coefficient (Wildman–Crippen LogP) is 3.56. The molecule has 152 valence electrons. The summed E-state index contributed by atoms with van der Waals surface area (Å²) >= 11 is 6.37. The van der Waals surface area contributed by atoms with Crippen molar-refractivity contribution in [1.29, 1.82) is 0 Å². The van der Waals surface area contributed by atoms with Crippen LogP contribution in [0.3, 0.4) is 0 Å². The van der Waals surface area contributed by atoms with Crippen LogP contribution in [-0.4, -0.2) is 53.6 Å². The fourth-order valence-corrected chi connectivity index (χ4v) is 4.20. The van der Waals surface area contributed by atoms with Crippen molar-refractivity contribution in [3.8, 4) is 17.2 Å². The summed E-state index contributed by atoms with van der Waals surface area (Å²) < 4.78 is 16.2. The van der Waals surface area contributed by atoms with E-state index in [9.17, 15) is 14.7 Å². The lowest BCUT2D eigenvalue weighted by atomic mass is 10.1. The summed E-state index contributed by atoms with van der Waals surface area (Å²) in [7, 11) is 4.52. The molecule has 1 aliphatic rings. The van der Waals surface area contributed by atoms with E-state index in [1.54, 1.807) is 18.2 Å². The molecule has 1 aromatic carbocycles. The number of carboxylic acids is 1. The minimum atomic E-state index is -1.06. The van der Waals surface area contributed by atoms with Crippen molar-refractivity contribution in [2.75, 3.05) is 21.3 Å². The normalized spacial score (nSPS) is 16.4. The Balaban J connectivity index is 2.39. The first-order chi connectivity index (χ1) is 13.4. The van der Waals surface area contributed by atoms with Gasteiger partial charge in [0.25, 0.3) is 5.91 Å². The molecular formula is C19H23NO6S2. The molecule has 1 aromatic rings. The van der Waals surface area contributed by atoms with Crippen LogP contribution in [0.25, 0.3) is 6.08 Å².